The van der Waals surface area contributed by atoms with Crippen LogP contribution < -0.4 is 4.74 Å². The van der Waals surface area contributed by atoms with E-state index in [0.717, 1.165) is 22.7 Å². The van der Waals surface area contributed by atoms with Crippen molar-refractivity contribution in [2.45, 2.75) is 0 Å². The van der Waals surface area contributed by atoms with E-state index in [4.69, 9.17) is 4.74 Å². The summed E-state index contributed by atoms with van der Waals surface area (Å²) in [6, 6.07) is 19.3. The van der Waals surface area contributed by atoms with Gasteiger partial charge in [-0.05, 0) is 30.3 Å². The number of amides is 1. The number of methoxy groups -OCH3 is 1. The number of nitrogens with zero attached hydrogens (tertiary/aromatic N) is 3. The van der Waals surface area contributed by atoms with Gasteiger partial charge in [0, 0.05) is 19.7 Å². The van der Waals surface area contributed by atoms with Gasteiger partial charge < -0.3 is 9.64 Å². The minimum atomic E-state index is -0.126. The number of aromatic nitrogens is 2. The van der Waals surface area contributed by atoms with Crippen LogP contribution in [0.25, 0.3) is 16.9 Å². The first-order valence-corrected chi connectivity index (χ1v) is 7.61. The Balaban J connectivity index is 2.13. The molecule has 0 aliphatic rings. The molecule has 0 atom stereocenters. The lowest BCUT2D eigenvalue weighted by Crippen LogP contribution is -2.22. The maximum absolute atomic E-state index is 12.3. The minimum Gasteiger partial charge on any atom is -0.497 e. The lowest BCUT2D eigenvalue weighted by Gasteiger charge is -2.09. The van der Waals surface area contributed by atoms with E-state index in [1.54, 1.807) is 25.9 Å². The molecule has 122 valence electrons. The number of rotatable bonds is 4. The summed E-state index contributed by atoms with van der Waals surface area (Å²) in [6.45, 7) is 0. The molecule has 0 radical (unpaired) electrons. The third-order valence-corrected chi connectivity index (χ3v) is 3.72. The molecule has 5 heteroatoms. The summed E-state index contributed by atoms with van der Waals surface area (Å²) < 4.78 is 6.99. The standard InChI is InChI=1S/C19H19N3O2/c1-21(2)19(23)17-13-18(14-7-5-4-6-8-14)22(20-17)15-9-11-16(24-3)12-10-15/h4-13H,1-3H3. The summed E-state index contributed by atoms with van der Waals surface area (Å²) in [4.78, 5) is 13.8. The molecule has 5 nitrogen and oxygen atoms in total. The van der Waals surface area contributed by atoms with Crippen LogP contribution in [0.3, 0.4) is 0 Å². The van der Waals surface area contributed by atoms with Gasteiger partial charge in [0.1, 0.15) is 5.75 Å². The van der Waals surface area contributed by atoms with Crippen LogP contribution in [-0.4, -0.2) is 41.8 Å². The van der Waals surface area contributed by atoms with Crippen LogP contribution in [0.15, 0.2) is 60.7 Å². The normalized spacial score (nSPS) is 10.5. The molecule has 1 amide bonds. The largest absolute Gasteiger partial charge is 0.497 e. The number of carbonyl (C=O) groups excluding carboxylic acids is 1. The zero-order chi connectivity index (χ0) is 17.1. The highest BCUT2D eigenvalue weighted by atomic mass is 16.5. The van der Waals surface area contributed by atoms with E-state index in [1.165, 1.54) is 4.90 Å². The zero-order valence-corrected chi connectivity index (χ0v) is 13.9. The molecule has 0 bridgehead atoms. The molecule has 1 aromatic heterocycles. The molecular formula is C19H19N3O2. The van der Waals surface area contributed by atoms with Crippen LogP contribution in [0.2, 0.25) is 0 Å². The van der Waals surface area contributed by atoms with Crippen molar-refractivity contribution in [3.63, 3.8) is 0 Å². The Labute approximate surface area is 141 Å². The van der Waals surface area contributed by atoms with Crippen molar-refractivity contribution in [3.8, 4) is 22.7 Å². The predicted molar refractivity (Wildman–Crippen MR) is 93.6 cm³/mol. The maximum atomic E-state index is 12.3. The zero-order valence-electron chi connectivity index (χ0n) is 13.9. The van der Waals surface area contributed by atoms with E-state index < -0.39 is 0 Å². The van der Waals surface area contributed by atoms with Crippen LogP contribution in [0.5, 0.6) is 5.75 Å². The molecule has 0 N–H and O–H groups in total. The third kappa shape index (κ3) is 3.01. The Morgan fingerprint density at radius 3 is 2.29 bits per heavy atom. The Morgan fingerprint density at radius 1 is 1.04 bits per heavy atom. The number of carbonyl (C=O) groups is 1. The Hall–Kier alpha value is -3.08. The van der Waals surface area contributed by atoms with Crippen molar-refractivity contribution >= 4 is 5.91 Å². The number of benzene rings is 2. The molecule has 2 aromatic carbocycles. The fraction of sp³-hybridized carbons (Fsp3) is 0.158. The number of hydrogen-bond donors (Lipinski definition) is 0. The van der Waals surface area contributed by atoms with Gasteiger partial charge in [-0.1, -0.05) is 30.3 Å². The highest BCUT2D eigenvalue weighted by Gasteiger charge is 2.17. The predicted octanol–water partition coefficient (Wildman–Crippen LogP) is 3.25. The lowest BCUT2D eigenvalue weighted by atomic mass is 10.1. The number of ether oxygens (including phenoxy) is 1. The topological polar surface area (TPSA) is 47.4 Å². The molecule has 3 aromatic rings. The van der Waals surface area contributed by atoms with Crippen LogP contribution in [0, 0.1) is 0 Å². The van der Waals surface area contributed by atoms with Gasteiger partial charge >= 0.3 is 0 Å². The summed E-state index contributed by atoms with van der Waals surface area (Å²) >= 11 is 0. The van der Waals surface area contributed by atoms with Crippen molar-refractivity contribution in [1.29, 1.82) is 0 Å². The summed E-state index contributed by atoms with van der Waals surface area (Å²) in [5.41, 5.74) is 3.15. The van der Waals surface area contributed by atoms with Gasteiger partial charge in [0.2, 0.25) is 0 Å². The van der Waals surface area contributed by atoms with Gasteiger partial charge in [0.25, 0.3) is 5.91 Å². The molecule has 0 fully saturated rings. The van der Waals surface area contributed by atoms with Crippen molar-refractivity contribution < 1.29 is 9.53 Å². The van der Waals surface area contributed by atoms with Crippen molar-refractivity contribution in [2.75, 3.05) is 21.2 Å². The average molecular weight is 321 g/mol. The summed E-state index contributed by atoms with van der Waals surface area (Å²) in [5.74, 6) is 0.649. The average Bonchev–Trinajstić information content (AvgIpc) is 3.07. The minimum absolute atomic E-state index is 0.126. The first kappa shape index (κ1) is 15.8. The van der Waals surface area contributed by atoms with Crippen LogP contribution in [-0.2, 0) is 0 Å². The molecule has 0 unspecified atom stereocenters. The first-order valence-electron chi connectivity index (χ1n) is 7.61. The van der Waals surface area contributed by atoms with E-state index in [-0.39, 0.29) is 5.91 Å². The third-order valence-electron chi connectivity index (χ3n) is 3.72. The molecule has 0 aliphatic carbocycles. The smallest absolute Gasteiger partial charge is 0.273 e. The van der Waals surface area contributed by atoms with Gasteiger partial charge in [-0.25, -0.2) is 4.68 Å². The molecule has 3 rings (SSSR count). The van der Waals surface area contributed by atoms with E-state index >= 15 is 0 Å². The second-order valence-electron chi connectivity index (χ2n) is 5.59. The molecule has 0 saturated heterocycles. The highest BCUT2D eigenvalue weighted by Crippen LogP contribution is 2.25. The van der Waals surface area contributed by atoms with Crippen molar-refractivity contribution in [1.82, 2.24) is 14.7 Å². The van der Waals surface area contributed by atoms with E-state index in [2.05, 4.69) is 5.10 Å². The molecular weight excluding hydrogens is 302 g/mol. The Bertz CT molecular complexity index is 837. The molecule has 0 aliphatic heterocycles. The summed E-state index contributed by atoms with van der Waals surface area (Å²) in [6.07, 6.45) is 0. The van der Waals surface area contributed by atoms with Crippen LogP contribution >= 0.6 is 0 Å². The first-order chi connectivity index (χ1) is 11.6. The fourth-order valence-corrected chi connectivity index (χ4v) is 2.45. The summed E-state index contributed by atoms with van der Waals surface area (Å²) in [5, 5.41) is 4.52. The Morgan fingerprint density at radius 2 is 1.71 bits per heavy atom. The van der Waals surface area contributed by atoms with Gasteiger partial charge in [-0.15, -0.1) is 0 Å². The van der Waals surface area contributed by atoms with Crippen molar-refractivity contribution in [2.24, 2.45) is 0 Å². The molecule has 0 saturated carbocycles. The summed E-state index contributed by atoms with van der Waals surface area (Å²) in [7, 11) is 5.07. The highest BCUT2D eigenvalue weighted by molar-refractivity contribution is 5.93. The van der Waals surface area contributed by atoms with Gasteiger partial charge in [-0.2, -0.15) is 5.10 Å². The van der Waals surface area contributed by atoms with E-state index in [0.29, 0.717) is 5.69 Å². The fourth-order valence-electron chi connectivity index (χ4n) is 2.45. The van der Waals surface area contributed by atoms with Gasteiger partial charge in [-0.3, -0.25) is 4.79 Å². The van der Waals surface area contributed by atoms with Crippen LogP contribution in [0.1, 0.15) is 10.5 Å². The molecule has 24 heavy (non-hydrogen) atoms. The number of hydrogen-bond acceptors (Lipinski definition) is 3. The maximum Gasteiger partial charge on any atom is 0.273 e. The monoisotopic (exact) mass is 321 g/mol. The van der Waals surface area contributed by atoms with Gasteiger partial charge in [0.15, 0.2) is 5.69 Å². The molecule has 0 spiro atoms. The quantitative estimate of drug-likeness (QED) is 0.741. The van der Waals surface area contributed by atoms with Crippen LogP contribution in [0.4, 0.5) is 0 Å². The SMILES string of the molecule is COc1ccc(-n2nc(C(=O)N(C)C)cc2-c2ccccc2)cc1. The van der Waals surface area contributed by atoms with E-state index in [9.17, 15) is 4.79 Å². The second-order valence-corrected chi connectivity index (χ2v) is 5.59. The Kier molecular flexibility index (Phi) is 4.33. The van der Waals surface area contributed by atoms with Gasteiger partial charge in [0.05, 0.1) is 18.5 Å². The second kappa shape index (κ2) is 6.58. The lowest BCUT2D eigenvalue weighted by molar-refractivity contribution is 0.0821. The van der Waals surface area contributed by atoms with E-state index in [1.807, 2.05) is 60.7 Å². The molecule has 1 heterocycles. The van der Waals surface area contributed by atoms with Crippen molar-refractivity contribution in [3.05, 3.63) is 66.4 Å².